The van der Waals surface area contributed by atoms with E-state index in [1.807, 2.05) is 35.9 Å². The maximum atomic E-state index is 13.4. The number of Topliss-reactive ketones (excluding diaryl/α,β-unsaturated/α-hetero) is 1. The van der Waals surface area contributed by atoms with Crippen LogP contribution in [-0.2, 0) is 22.6 Å². The third kappa shape index (κ3) is 4.87. The number of amides is 1. The normalized spacial score (nSPS) is 20.1. The van der Waals surface area contributed by atoms with E-state index in [-0.39, 0.29) is 17.4 Å². The van der Waals surface area contributed by atoms with Gasteiger partial charge in [0.2, 0.25) is 0 Å². The summed E-state index contributed by atoms with van der Waals surface area (Å²) in [5.74, 6) is -0.168. The second kappa shape index (κ2) is 10.3. The molecule has 1 amide bonds. The second-order valence-corrected chi connectivity index (χ2v) is 9.27. The quantitative estimate of drug-likeness (QED) is 0.204. The summed E-state index contributed by atoms with van der Waals surface area (Å²) >= 11 is 0. The van der Waals surface area contributed by atoms with Gasteiger partial charge in [-0.15, -0.1) is 0 Å². The number of ether oxygens (including phenoxy) is 2. The number of fused-ring (bicyclic) bond motifs is 1. The lowest BCUT2D eigenvalue weighted by atomic mass is 9.94. The molecule has 37 heavy (non-hydrogen) atoms. The molecule has 5 rings (SSSR count). The van der Waals surface area contributed by atoms with Gasteiger partial charge in [-0.3, -0.25) is 9.59 Å². The Kier molecular flexibility index (Phi) is 6.81. The van der Waals surface area contributed by atoms with Gasteiger partial charge in [-0.05, 0) is 54.8 Å². The van der Waals surface area contributed by atoms with Crippen LogP contribution in [0.1, 0.15) is 36.1 Å². The first kappa shape index (κ1) is 24.4. The lowest BCUT2D eigenvalue weighted by molar-refractivity contribution is -0.139. The van der Waals surface area contributed by atoms with Crippen LogP contribution in [0.3, 0.4) is 0 Å². The highest BCUT2D eigenvalue weighted by Crippen LogP contribution is 2.41. The van der Waals surface area contributed by atoms with Crippen molar-refractivity contribution in [3.05, 3.63) is 96.1 Å². The molecule has 2 aliphatic rings. The number of aliphatic hydroxyl groups excluding tert-OH is 1. The van der Waals surface area contributed by atoms with E-state index in [0.29, 0.717) is 49.4 Å². The topological polar surface area (TPSA) is 93.9 Å². The molecule has 0 radical (unpaired) electrons. The van der Waals surface area contributed by atoms with Crippen LogP contribution in [0.5, 0.6) is 11.5 Å². The van der Waals surface area contributed by atoms with Crippen LogP contribution in [0.25, 0.3) is 5.76 Å². The number of hydrogen-bond donors (Lipinski definition) is 1. The Bertz CT molecular complexity index is 1360. The molecule has 3 aromatic rings. The Labute approximate surface area is 215 Å². The Hall–Kier alpha value is -4.33. The molecule has 1 aromatic heterocycles. The number of carbonyl (C=O) groups excluding carboxylic acids is 2. The molecule has 0 bridgehead atoms. The van der Waals surface area contributed by atoms with E-state index in [1.165, 1.54) is 4.90 Å². The van der Waals surface area contributed by atoms with E-state index >= 15 is 0 Å². The van der Waals surface area contributed by atoms with Crippen molar-refractivity contribution in [2.75, 3.05) is 13.2 Å². The smallest absolute Gasteiger partial charge is 0.295 e. The van der Waals surface area contributed by atoms with Crippen LogP contribution >= 0.6 is 0 Å². The van der Waals surface area contributed by atoms with E-state index in [0.717, 1.165) is 11.3 Å². The van der Waals surface area contributed by atoms with Crippen molar-refractivity contribution in [1.82, 2.24) is 14.5 Å². The minimum Gasteiger partial charge on any atom is -0.507 e. The first-order valence-corrected chi connectivity index (χ1v) is 12.3. The summed E-state index contributed by atoms with van der Waals surface area (Å²) in [5.41, 5.74) is 2.20. The highest BCUT2D eigenvalue weighted by atomic mass is 16.5. The molecule has 0 saturated carbocycles. The fourth-order valence-corrected chi connectivity index (χ4v) is 4.95. The van der Waals surface area contributed by atoms with Gasteiger partial charge in [0.25, 0.3) is 11.7 Å². The molecule has 8 nitrogen and oxygen atoms in total. The number of imidazole rings is 1. The highest BCUT2D eigenvalue weighted by molar-refractivity contribution is 6.46. The van der Waals surface area contributed by atoms with E-state index < -0.39 is 17.7 Å². The Balaban J connectivity index is 1.54. The van der Waals surface area contributed by atoms with Gasteiger partial charge in [0.05, 0.1) is 17.9 Å². The third-order valence-corrected chi connectivity index (χ3v) is 6.63. The molecular formula is C29H29N3O5. The number of benzene rings is 2. The fourth-order valence-electron chi connectivity index (χ4n) is 4.95. The number of nitrogens with zero attached hydrogens (tertiary/aromatic N) is 3. The molecule has 0 aliphatic carbocycles. The largest absolute Gasteiger partial charge is 0.507 e. The fraction of sp³-hybridized carbons (Fsp3) is 0.276. The van der Waals surface area contributed by atoms with Gasteiger partial charge >= 0.3 is 0 Å². The summed E-state index contributed by atoms with van der Waals surface area (Å²) in [6.07, 6.45) is 8.28. The minimum absolute atomic E-state index is 0.0479. The molecule has 1 N–H and O–H groups in total. The molecule has 0 spiro atoms. The van der Waals surface area contributed by atoms with Crippen LogP contribution < -0.4 is 9.47 Å². The van der Waals surface area contributed by atoms with E-state index in [9.17, 15) is 14.7 Å². The third-order valence-electron chi connectivity index (χ3n) is 6.63. The summed E-state index contributed by atoms with van der Waals surface area (Å²) in [6, 6.07) is 11.9. The summed E-state index contributed by atoms with van der Waals surface area (Å²) in [7, 11) is 0. The lowest BCUT2D eigenvalue weighted by Gasteiger charge is -2.26. The number of rotatable bonds is 9. The van der Waals surface area contributed by atoms with Gasteiger partial charge in [-0.2, -0.15) is 0 Å². The van der Waals surface area contributed by atoms with E-state index in [2.05, 4.69) is 11.6 Å². The van der Waals surface area contributed by atoms with Crippen molar-refractivity contribution in [2.45, 2.75) is 38.5 Å². The Morgan fingerprint density at radius 3 is 2.89 bits per heavy atom. The van der Waals surface area contributed by atoms with E-state index in [1.54, 1.807) is 42.9 Å². The van der Waals surface area contributed by atoms with E-state index in [4.69, 9.17) is 9.47 Å². The van der Waals surface area contributed by atoms with Gasteiger partial charge in [-0.25, -0.2) is 4.98 Å². The number of likely N-dealkylation sites (tertiary alicyclic amines) is 1. The molecule has 8 heteroatoms. The van der Waals surface area contributed by atoms with Crippen LogP contribution in [0.2, 0.25) is 0 Å². The van der Waals surface area contributed by atoms with Crippen LogP contribution in [0.15, 0.2) is 79.4 Å². The maximum absolute atomic E-state index is 13.4. The number of aryl methyl sites for hydroxylation is 1. The monoisotopic (exact) mass is 499 g/mol. The van der Waals surface area contributed by atoms with Crippen molar-refractivity contribution in [1.29, 1.82) is 0 Å². The van der Waals surface area contributed by atoms with Crippen molar-refractivity contribution in [3.8, 4) is 11.5 Å². The number of hydrogen-bond acceptors (Lipinski definition) is 6. The van der Waals surface area contributed by atoms with Crippen LogP contribution in [-0.4, -0.2) is 50.5 Å². The zero-order valence-electron chi connectivity index (χ0n) is 20.7. The molecule has 2 aromatic carbocycles. The van der Waals surface area contributed by atoms with Crippen LogP contribution in [0, 0.1) is 0 Å². The van der Waals surface area contributed by atoms with Crippen molar-refractivity contribution < 1.29 is 24.2 Å². The summed E-state index contributed by atoms with van der Waals surface area (Å²) in [4.78, 5) is 32.2. The zero-order chi connectivity index (χ0) is 25.9. The summed E-state index contributed by atoms with van der Waals surface area (Å²) < 4.78 is 13.4. The maximum Gasteiger partial charge on any atom is 0.295 e. The molecule has 190 valence electrons. The average molecular weight is 500 g/mol. The van der Waals surface area contributed by atoms with Gasteiger partial charge in [0.15, 0.2) is 0 Å². The first-order valence-electron chi connectivity index (χ1n) is 12.3. The predicted molar refractivity (Wildman–Crippen MR) is 138 cm³/mol. The number of aromatic nitrogens is 2. The molecule has 2 aliphatic heterocycles. The summed E-state index contributed by atoms with van der Waals surface area (Å²) in [6.45, 7) is 6.96. The first-order chi connectivity index (χ1) is 18.0. The SMILES string of the molecule is C=CCOc1cccc([C@H]2C(=C(O)c3ccc4c(c3)C[C@H](C)O4)C(=O)C(=O)N2CCCn2ccnc2)c1. The van der Waals surface area contributed by atoms with Crippen molar-refractivity contribution in [2.24, 2.45) is 0 Å². The van der Waals surface area contributed by atoms with Gasteiger partial charge < -0.3 is 24.0 Å². The van der Waals surface area contributed by atoms with Crippen LogP contribution in [0.4, 0.5) is 0 Å². The average Bonchev–Trinajstić information content (AvgIpc) is 3.61. The van der Waals surface area contributed by atoms with Gasteiger partial charge in [-0.1, -0.05) is 24.8 Å². The minimum atomic E-state index is -0.751. The standard InChI is InChI=1S/C29H29N3O5/c1-3-14-36-23-7-4-6-20(17-23)26-25(27(33)21-8-9-24-22(16-21)15-19(2)37-24)28(34)29(35)32(26)12-5-11-31-13-10-30-18-31/h3-4,6-10,13,16-19,26,33H,1,5,11-12,14-15H2,2H3/t19-,26-/m0/s1. The predicted octanol–water partition coefficient (Wildman–Crippen LogP) is 4.28. The summed E-state index contributed by atoms with van der Waals surface area (Å²) in [5, 5.41) is 11.4. The molecule has 2 atom stereocenters. The molecular weight excluding hydrogens is 470 g/mol. The number of aliphatic hydroxyl groups is 1. The number of carbonyl (C=O) groups is 2. The van der Waals surface area contributed by atoms with Crippen molar-refractivity contribution >= 4 is 17.4 Å². The highest BCUT2D eigenvalue weighted by Gasteiger charge is 2.46. The van der Waals surface area contributed by atoms with Gasteiger partial charge in [0.1, 0.15) is 30.0 Å². The lowest BCUT2D eigenvalue weighted by Crippen LogP contribution is -2.31. The number of ketones is 1. The molecule has 1 saturated heterocycles. The second-order valence-electron chi connectivity index (χ2n) is 9.27. The Morgan fingerprint density at radius 2 is 2.11 bits per heavy atom. The molecule has 0 unspecified atom stereocenters. The molecule has 1 fully saturated rings. The zero-order valence-corrected chi connectivity index (χ0v) is 20.7. The van der Waals surface area contributed by atoms with Gasteiger partial charge in [0, 0.05) is 37.5 Å². The van der Waals surface area contributed by atoms with Crippen molar-refractivity contribution in [3.63, 3.8) is 0 Å². The molecule has 3 heterocycles. The Morgan fingerprint density at radius 1 is 1.24 bits per heavy atom.